The number of aromatic nitrogens is 1. The molecule has 0 amide bonds. The lowest BCUT2D eigenvalue weighted by molar-refractivity contribution is 0.623. The fourth-order valence-electron chi connectivity index (χ4n) is 1.44. The average molecular weight is 326 g/mol. The van der Waals surface area contributed by atoms with Gasteiger partial charge in [-0.15, -0.1) is 11.3 Å². The Balaban J connectivity index is 2.19. The molecule has 0 fully saturated rings. The number of hydrogen-bond acceptors (Lipinski definition) is 4. The Kier molecular flexibility index (Phi) is 3.94. The van der Waals surface area contributed by atoms with E-state index in [0.29, 0.717) is 12.2 Å². The highest BCUT2D eigenvalue weighted by Crippen LogP contribution is 2.27. The van der Waals surface area contributed by atoms with Crippen LogP contribution in [0.2, 0.25) is 0 Å². The van der Waals surface area contributed by atoms with Crippen molar-refractivity contribution in [2.24, 2.45) is 0 Å². The molecule has 0 atom stereocenters. The molecule has 0 spiro atoms. The van der Waals surface area contributed by atoms with Gasteiger partial charge in [0.25, 0.3) is 0 Å². The quantitative estimate of drug-likeness (QED) is 0.932. The van der Waals surface area contributed by atoms with Gasteiger partial charge in [-0.25, -0.2) is 9.37 Å². The number of halogens is 2. The van der Waals surface area contributed by atoms with Gasteiger partial charge >= 0.3 is 0 Å². The Morgan fingerprint density at radius 2 is 2.33 bits per heavy atom. The largest absolute Gasteiger partial charge is 0.378 e. The second-order valence-electron chi connectivity index (χ2n) is 3.61. The number of anilines is 1. The number of nitrogens with zero attached hydrogens (tertiary/aromatic N) is 2. The van der Waals surface area contributed by atoms with Gasteiger partial charge in [0.2, 0.25) is 0 Å². The molecule has 1 aromatic carbocycles. The number of benzene rings is 1. The molecule has 0 aliphatic rings. The van der Waals surface area contributed by atoms with E-state index in [9.17, 15) is 4.39 Å². The van der Waals surface area contributed by atoms with E-state index in [-0.39, 0.29) is 10.0 Å². The number of thiazole rings is 1. The summed E-state index contributed by atoms with van der Waals surface area (Å²) in [7, 11) is 0. The Morgan fingerprint density at radius 1 is 1.56 bits per heavy atom. The van der Waals surface area contributed by atoms with Crippen molar-refractivity contribution in [3.63, 3.8) is 0 Å². The molecular weight excluding hydrogens is 317 g/mol. The van der Waals surface area contributed by atoms with Crippen molar-refractivity contribution in [3.8, 4) is 6.07 Å². The summed E-state index contributed by atoms with van der Waals surface area (Å²) < 4.78 is 14.1. The lowest BCUT2D eigenvalue weighted by Gasteiger charge is -2.08. The van der Waals surface area contributed by atoms with Crippen molar-refractivity contribution in [1.82, 2.24) is 4.98 Å². The van der Waals surface area contributed by atoms with E-state index in [2.05, 4.69) is 26.2 Å². The van der Waals surface area contributed by atoms with Crippen molar-refractivity contribution >= 4 is 33.0 Å². The van der Waals surface area contributed by atoms with E-state index in [4.69, 9.17) is 5.26 Å². The topological polar surface area (TPSA) is 48.7 Å². The summed E-state index contributed by atoms with van der Waals surface area (Å²) in [6.45, 7) is 2.43. The second kappa shape index (κ2) is 5.46. The molecule has 0 aliphatic carbocycles. The van der Waals surface area contributed by atoms with Crippen LogP contribution in [0.25, 0.3) is 0 Å². The van der Waals surface area contributed by atoms with E-state index >= 15 is 0 Å². The number of aryl methyl sites for hydroxylation is 1. The predicted molar refractivity (Wildman–Crippen MR) is 73.0 cm³/mol. The van der Waals surface area contributed by atoms with Crippen LogP contribution in [0.4, 0.5) is 10.1 Å². The first-order chi connectivity index (χ1) is 8.63. The monoisotopic (exact) mass is 325 g/mol. The van der Waals surface area contributed by atoms with Crippen LogP contribution in [0.5, 0.6) is 0 Å². The summed E-state index contributed by atoms with van der Waals surface area (Å²) in [5.41, 5.74) is 3.36. The Hall–Kier alpha value is -1.45. The second-order valence-corrected chi connectivity index (χ2v) is 5.35. The maximum atomic E-state index is 13.9. The average Bonchev–Trinajstić information content (AvgIpc) is 2.77. The van der Waals surface area contributed by atoms with Gasteiger partial charge in [-0.05, 0) is 35.0 Å². The minimum atomic E-state index is -0.448. The van der Waals surface area contributed by atoms with Crippen LogP contribution in [0, 0.1) is 24.1 Å². The van der Waals surface area contributed by atoms with Crippen molar-refractivity contribution in [3.05, 3.63) is 44.1 Å². The minimum absolute atomic E-state index is 0.191. The molecule has 92 valence electrons. The summed E-state index contributed by atoms with van der Waals surface area (Å²) in [5.74, 6) is -0.448. The molecule has 2 aromatic rings. The van der Waals surface area contributed by atoms with Crippen LogP contribution in [0.3, 0.4) is 0 Å². The molecule has 18 heavy (non-hydrogen) atoms. The van der Waals surface area contributed by atoms with Crippen molar-refractivity contribution in [2.75, 3.05) is 5.32 Å². The first-order valence-corrected chi connectivity index (χ1v) is 6.81. The fraction of sp³-hybridized carbons (Fsp3) is 0.167. The van der Waals surface area contributed by atoms with Crippen LogP contribution in [0.1, 0.15) is 16.1 Å². The Morgan fingerprint density at radius 3 is 2.94 bits per heavy atom. The van der Waals surface area contributed by atoms with Gasteiger partial charge in [0.1, 0.15) is 6.07 Å². The molecule has 0 unspecified atom stereocenters. The van der Waals surface area contributed by atoms with Crippen LogP contribution in [-0.4, -0.2) is 4.98 Å². The number of nitriles is 1. The highest BCUT2D eigenvalue weighted by atomic mass is 79.9. The molecule has 3 nitrogen and oxygen atoms in total. The van der Waals surface area contributed by atoms with E-state index < -0.39 is 5.82 Å². The highest BCUT2D eigenvalue weighted by Gasteiger charge is 2.11. The van der Waals surface area contributed by atoms with Crippen molar-refractivity contribution in [1.29, 1.82) is 5.26 Å². The van der Waals surface area contributed by atoms with Crippen LogP contribution in [-0.2, 0) is 6.54 Å². The summed E-state index contributed by atoms with van der Waals surface area (Å²) in [4.78, 5) is 5.19. The minimum Gasteiger partial charge on any atom is -0.378 e. The van der Waals surface area contributed by atoms with E-state index in [0.717, 1.165) is 10.6 Å². The van der Waals surface area contributed by atoms with Gasteiger partial charge in [0, 0.05) is 4.88 Å². The van der Waals surface area contributed by atoms with Gasteiger partial charge in [-0.2, -0.15) is 5.26 Å². The first-order valence-electron chi connectivity index (χ1n) is 5.14. The molecule has 1 N–H and O–H groups in total. The fourth-order valence-corrected chi connectivity index (χ4v) is 2.59. The van der Waals surface area contributed by atoms with E-state index in [1.807, 2.05) is 13.0 Å². The summed E-state index contributed by atoms with van der Waals surface area (Å²) in [6.07, 6.45) is 0. The van der Waals surface area contributed by atoms with Gasteiger partial charge in [-0.1, -0.05) is 0 Å². The molecule has 1 aromatic heterocycles. The van der Waals surface area contributed by atoms with Crippen LogP contribution < -0.4 is 5.32 Å². The maximum Gasteiger partial charge on any atom is 0.161 e. The first kappa shape index (κ1) is 13.0. The summed E-state index contributed by atoms with van der Waals surface area (Å²) in [5, 5.41) is 11.8. The molecule has 6 heteroatoms. The Labute approximate surface area is 116 Å². The molecule has 0 radical (unpaired) electrons. The number of nitrogens with one attached hydrogen (secondary N) is 1. The third-order valence-corrected chi connectivity index (χ3v) is 4.20. The highest BCUT2D eigenvalue weighted by molar-refractivity contribution is 9.10. The molecule has 0 aliphatic heterocycles. The molecular formula is C12H9BrFN3S. The Bertz CT molecular complexity index is 618. The third kappa shape index (κ3) is 2.52. The SMILES string of the molecule is Cc1ncsc1CNc1ccc(C#N)c(Br)c1F. The van der Waals surface area contributed by atoms with Crippen LogP contribution in [0.15, 0.2) is 22.1 Å². The zero-order chi connectivity index (χ0) is 13.1. The lowest BCUT2D eigenvalue weighted by atomic mass is 10.2. The lowest BCUT2D eigenvalue weighted by Crippen LogP contribution is -2.02. The smallest absolute Gasteiger partial charge is 0.161 e. The van der Waals surface area contributed by atoms with E-state index in [1.54, 1.807) is 17.6 Å². The molecule has 0 bridgehead atoms. The van der Waals surface area contributed by atoms with Gasteiger partial charge < -0.3 is 5.32 Å². The molecule has 1 heterocycles. The van der Waals surface area contributed by atoms with Crippen LogP contribution >= 0.6 is 27.3 Å². The summed E-state index contributed by atoms with van der Waals surface area (Å²) >= 11 is 4.60. The molecule has 0 saturated heterocycles. The molecule has 0 saturated carbocycles. The standard InChI is InChI=1S/C12H9BrFN3S/c1-7-10(18-6-17-7)5-16-9-3-2-8(4-15)11(13)12(9)14/h2-3,6,16H,5H2,1H3. The predicted octanol–water partition coefficient (Wildman–Crippen LogP) is 3.84. The van der Waals surface area contributed by atoms with E-state index in [1.165, 1.54) is 11.3 Å². The normalized spacial score (nSPS) is 10.1. The maximum absolute atomic E-state index is 13.9. The summed E-state index contributed by atoms with van der Waals surface area (Å²) in [6, 6.07) is 5.06. The zero-order valence-corrected chi connectivity index (χ0v) is 11.9. The zero-order valence-electron chi connectivity index (χ0n) is 9.50. The van der Waals surface area contributed by atoms with Gasteiger partial charge in [0.05, 0.1) is 33.5 Å². The van der Waals surface area contributed by atoms with Gasteiger partial charge in [0.15, 0.2) is 5.82 Å². The van der Waals surface area contributed by atoms with Crippen molar-refractivity contribution in [2.45, 2.75) is 13.5 Å². The van der Waals surface area contributed by atoms with Crippen molar-refractivity contribution < 1.29 is 4.39 Å². The van der Waals surface area contributed by atoms with Gasteiger partial charge in [-0.3, -0.25) is 0 Å². The molecule has 2 rings (SSSR count). The number of hydrogen-bond donors (Lipinski definition) is 1. The third-order valence-electron chi connectivity index (χ3n) is 2.49. The number of rotatable bonds is 3.